The molecule has 464 valence electrons. The highest BCUT2D eigenvalue weighted by Gasteiger charge is 2.19. The first-order valence-electron chi connectivity index (χ1n) is 34.4. The van der Waals surface area contributed by atoms with Crippen molar-refractivity contribution in [2.24, 2.45) is 0 Å². The first-order valence-corrected chi connectivity index (χ1v) is 34.4. The number of carbonyl (C=O) groups excluding carboxylic acids is 3. The number of hydrogen-bond donors (Lipinski definition) is 0. The van der Waals surface area contributed by atoms with Crippen LogP contribution in [0.1, 0.15) is 329 Å². The molecule has 0 heterocycles. The normalized spacial score (nSPS) is 12.8. The van der Waals surface area contributed by atoms with E-state index in [1.54, 1.807) is 0 Å². The van der Waals surface area contributed by atoms with E-state index in [-0.39, 0.29) is 31.1 Å². The number of esters is 3. The third kappa shape index (κ3) is 66.8. The van der Waals surface area contributed by atoms with Gasteiger partial charge in [-0.3, -0.25) is 14.4 Å². The summed E-state index contributed by atoms with van der Waals surface area (Å²) < 4.78 is 17.0. The van der Waals surface area contributed by atoms with Gasteiger partial charge < -0.3 is 14.2 Å². The monoisotopic (exact) mass is 1120 g/mol. The maximum atomic E-state index is 12.9. The van der Waals surface area contributed by atoms with Gasteiger partial charge in [-0.15, -0.1) is 0 Å². The Morgan fingerprint density at radius 1 is 0.259 bits per heavy atom. The second-order valence-corrected chi connectivity index (χ2v) is 22.7. The minimum Gasteiger partial charge on any atom is -0.462 e. The molecule has 0 spiro atoms. The van der Waals surface area contributed by atoms with Crippen LogP contribution in [0.2, 0.25) is 0 Å². The zero-order valence-electron chi connectivity index (χ0n) is 53.3. The van der Waals surface area contributed by atoms with Crippen molar-refractivity contribution in [1.29, 1.82) is 0 Å². The summed E-state index contributed by atoms with van der Waals surface area (Å²) in [6.07, 6.45) is 93.8. The van der Waals surface area contributed by atoms with Gasteiger partial charge in [-0.25, -0.2) is 0 Å². The van der Waals surface area contributed by atoms with E-state index in [2.05, 4.69) is 130 Å². The summed E-state index contributed by atoms with van der Waals surface area (Å²) in [5, 5.41) is 0. The Hall–Kier alpha value is -3.93. The maximum Gasteiger partial charge on any atom is 0.306 e. The topological polar surface area (TPSA) is 78.9 Å². The van der Waals surface area contributed by atoms with Gasteiger partial charge in [0.2, 0.25) is 0 Å². The van der Waals surface area contributed by atoms with E-state index >= 15 is 0 Å². The van der Waals surface area contributed by atoms with Crippen molar-refractivity contribution in [2.45, 2.75) is 335 Å². The molecule has 0 N–H and O–H groups in total. The molecule has 0 aromatic rings. The van der Waals surface area contributed by atoms with Gasteiger partial charge in [-0.2, -0.15) is 0 Å². The molecule has 6 heteroatoms. The summed E-state index contributed by atoms with van der Waals surface area (Å²) in [5.74, 6) is -0.888. The Kier molecular flexibility index (Phi) is 65.2. The second kappa shape index (κ2) is 68.6. The maximum absolute atomic E-state index is 12.9. The number of carbonyl (C=O) groups is 3. The second-order valence-electron chi connectivity index (χ2n) is 22.7. The van der Waals surface area contributed by atoms with Gasteiger partial charge >= 0.3 is 17.9 Å². The zero-order valence-corrected chi connectivity index (χ0v) is 53.3. The van der Waals surface area contributed by atoms with Gasteiger partial charge in [0.05, 0.1) is 0 Å². The molecule has 81 heavy (non-hydrogen) atoms. The largest absolute Gasteiger partial charge is 0.462 e. The van der Waals surface area contributed by atoms with E-state index in [4.69, 9.17) is 14.2 Å². The number of rotatable bonds is 62. The highest BCUT2D eigenvalue weighted by Crippen LogP contribution is 2.16. The standard InChI is InChI=1S/C75H128O6/c1-4-7-10-13-16-19-22-25-28-30-32-33-34-35-36-37-38-39-40-41-42-43-44-46-47-50-53-56-59-62-65-68-74(77)80-71-72(70-79-73(76)67-64-61-58-55-52-49-27-24-21-18-15-12-9-6-3)81-75(78)69-66-63-60-57-54-51-48-45-31-29-26-23-20-17-14-11-8-5-2/h7,10,16,19,25,28-29,31-33,35-36,38-39,41-42,44,46,72H,4-6,8-9,11-15,17-18,20-24,26-27,30,34,37,40,43,45,47-71H2,1-3H3/b10-7-,19-16-,28-25-,31-29-,33-32-,36-35-,39-38-,42-41-,46-44-. The number of unbranched alkanes of at least 4 members (excludes halogenated alkanes) is 33. The molecule has 1 atom stereocenters. The lowest BCUT2D eigenvalue weighted by Crippen LogP contribution is -2.30. The molecule has 0 aromatic heterocycles. The molecule has 0 radical (unpaired) electrons. The lowest BCUT2D eigenvalue weighted by Gasteiger charge is -2.18. The molecule has 6 nitrogen and oxygen atoms in total. The van der Waals surface area contributed by atoms with E-state index < -0.39 is 6.10 Å². The predicted octanol–water partition coefficient (Wildman–Crippen LogP) is 23.8. The van der Waals surface area contributed by atoms with E-state index in [0.29, 0.717) is 19.3 Å². The number of ether oxygens (including phenoxy) is 3. The Bertz CT molecular complexity index is 1620. The Morgan fingerprint density at radius 2 is 0.481 bits per heavy atom. The molecule has 0 aliphatic carbocycles. The highest BCUT2D eigenvalue weighted by molar-refractivity contribution is 5.71. The molecule has 0 bridgehead atoms. The van der Waals surface area contributed by atoms with E-state index in [1.165, 1.54) is 167 Å². The molecular formula is C75H128O6. The van der Waals surface area contributed by atoms with E-state index in [9.17, 15) is 14.4 Å². The zero-order chi connectivity index (χ0) is 58.5. The van der Waals surface area contributed by atoms with Crippen LogP contribution >= 0.6 is 0 Å². The lowest BCUT2D eigenvalue weighted by atomic mass is 10.0. The summed E-state index contributed by atoms with van der Waals surface area (Å²) in [6, 6.07) is 0. The van der Waals surface area contributed by atoms with E-state index in [0.717, 1.165) is 122 Å². The fourth-order valence-corrected chi connectivity index (χ4v) is 9.63. The summed E-state index contributed by atoms with van der Waals surface area (Å²) in [4.78, 5) is 38.4. The molecule has 0 saturated heterocycles. The third-order valence-corrected chi connectivity index (χ3v) is 14.8. The highest BCUT2D eigenvalue weighted by atomic mass is 16.6. The number of hydrogen-bond acceptors (Lipinski definition) is 6. The van der Waals surface area contributed by atoms with Gasteiger partial charge in [0.15, 0.2) is 6.10 Å². The van der Waals surface area contributed by atoms with Crippen molar-refractivity contribution in [2.75, 3.05) is 13.2 Å². The van der Waals surface area contributed by atoms with Crippen LogP contribution in [0.25, 0.3) is 0 Å². The minimum absolute atomic E-state index is 0.0816. The van der Waals surface area contributed by atoms with Gasteiger partial charge in [0.25, 0.3) is 0 Å². The van der Waals surface area contributed by atoms with Crippen molar-refractivity contribution in [3.8, 4) is 0 Å². The molecule has 0 aromatic carbocycles. The van der Waals surface area contributed by atoms with Gasteiger partial charge in [0.1, 0.15) is 13.2 Å². The molecule has 0 rings (SSSR count). The van der Waals surface area contributed by atoms with Crippen molar-refractivity contribution >= 4 is 17.9 Å². The SMILES string of the molecule is CC/C=C\C/C=C\C/C=C\C/C=C\C/C=C\C/C=C\C/C=C\C/C=C\CCCCCCCCC(=O)OCC(COC(=O)CCCCCCCCCCCCCCCC)OC(=O)CCCCCCCCC/C=C\CCCCCCCCC. The van der Waals surface area contributed by atoms with Gasteiger partial charge in [-0.05, 0) is 109 Å². The molecule has 1 unspecified atom stereocenters. The predicted molar refractivity (Wildman–Crippen MR) is 353 cm³/mol. The van der Waals surface area contributed by atoms with Crippen molar-refractivity contribution < 1.29 is 28.6 Å². The first-order chi connectivity index (χ1) is 40.0. The van der Waals surface area contributed by atoms with Crippen LogP contribution in [0.5, 0.6) is 0 Å². The number of allylic oxidation sites excluding steroid dienone is 18. The van der Waals surface area contributed by atoms with Gasteiger partial charge in [0, 0.05) is 19.3 Å². The molecule has 0 fully saturated rings. The van der Waals surface area contributed by atoms with Crippen LogP contribution in [0.3, 0.4) is 0 Å². The van der Waals surface area contributed by atoms with Crippen LogP contribution in [0, 0.1) is 0 Å². The van der Waals surface area contributed by atoms with Crippen molar-refractivity contribution in [1.82, 2.24) is 0 Å². The fourth-order valence-electron chi connectivity index (χ4n) is 9.63. The summed E-state index contributed by atoms with van der Waals surface area (Å²) in [7, 11) is 0. The summed E-state index contributed by atoms with van der Waals surface area (Å²) in [5.41, 5.74) is 0. The summed E-state index contributed by atoms with van der Waals surface area (Å²) >= 11 is 0. The van der Waals surface area contributed by atoms with E-state index in [1.807, 2.05) is 0 Å². The van der Waals surface area contributed by atoms with Crippen LogP contribution in [0.4, 0.5) is 0 Å². The Labute approximate surface area is 501 Å². The minimum atomic E-state index is -0.787. The molecular weight excluding hydrogens is 997 g/mol. The first kappa shape index (κ1) is 77.1. The van der Waals surface area contributed by atoms with Gasteiger partial charge in [-0.1, -0.05) is 310 Å². The lowest BCUT2D eigenvalue weighted by molar-refractivity contribution is -0.167. The summed E-state index contributed by atoms with van der Waals surface area (Å²) in [6.45, 7) is 6.54. The molecule has 0 aliphatic rings. The van der Waals surface area contributed by atoms with Crippen LogP contribution in [-0.4, -0.2) is 37.2 Å². The molecule has 0 amide bonds. The van der Waals surface area contributed by atoms with Crippen LogP contribution in [-0.2, 0) is 28.6 Å². The van der Waals surface area contributed by atoms with Crippen LogP contribution in [0.15, 0.2) is 109 Å². The fraction of sp³-hybridized carbons (Fsp3) is 0.720. The van der Waals surface area contributed by atoms with Crippen molar-refractivity contribution in [3.05, 3.63) is 109 Å². The molecule has 0 aliphatic heterocycles. The van der Waals surface area contributed by atoms with Crippen molar-refractivity contribution in [3.63, 3.8) is 0 Å². The smallest absolute Gasteiger partial charge is 0.306 e. The molecule has 0 saturated carbocycles. The average molecular weight is 1130 g/mol. The Morgan fingerprint density at radius 3 is 0.765 bits per heavy atom. The van der Waals surface area contributed by atoms with Crippen LogP contribution < -0.4 is 0 Å². The quantitative estimate of drug-likeness (QED) is 0.0261. The third-order valence-electron chi connectivity index (χ3n) is 14.8. The average Bonchev–Trinajstić information content (AvgIpc) is 3.47. The Balaban J connectivity index is 4.34.